The molecule has 0 aliphatic heterocycles. The fraction of sp³-hybridized carbons (Fsp3) is 0.647. The van der Waals surface area contributed by atoms with Crippen LogP contribution in [0.4, 0.5) is 4.39 Å². The second-order valence-corrected chi connectivity index (χ2v) is 8.51. The van der Waals surface area contributed by atoms with Crippen LogP contribution in [-0.2, 0) is 6.42 Å². The number of benzene rings is 1. The van der Waals surface area contributed by atoms with E-state index < -0.39 is 5.54 Å². The van der Waals surface area contributed by atoms with Gasteiger partial charge in [0.2, 0.25) is 0 Å². The SMILES string of the molecule is CC1(C)CC(C)(C)CC(N)(Cc2c(F)cccc2Cl)C1. The van der Waals surface area contributed by atoms with Crippen LogP contribution in [0.5, 0.6) is 0 Å². The van der Waals surface area contributed by atoms with Gasteiger partial charge in [0.1, 0.15) is 5.82 Å². The first-order valence-corrected chi connectivity index (χ1v) is 7.62. The van der Waals surface area contributed by atoms with E-state index in [9.17, 15) is 4.39 Å². The summed E-state index contributed by atoms with van der Waals surface area (Å²) in [6, 6.07) is 4.84. The van der Waals surface area contributed by atoms with Gasteiger partial charge in [-0.2, -0.15) is 0 Å². The van der Waals surface area contributed by atoms with Gasteiger partial charge in [0, 0.05) is 16.1 Å². The minimum atomic E-state index is -0.392. The standard InChI is InChI=1S/C17H25ClFN/c1-15(2)9-16(3,4)11-17(20,10-15)8-12-13(18)6-5-7-14(12)19/h5-7H,8-11,20H2,1-4H3. The molecule has 0 heterocycles. The Morgan fingerprint density at radius 2 is 1.65 bits per heavy atom. The van der Waals surface area contributed by atoms with Crippen LogP contribution in [0.25, 0.3) is 0 Å². The predicted molar refractivity (Wildman–Crippen MR) is 83.4 cm³/mol. The van der Waals surface area contributed by atoms with E-state index in [1.807, 2.05) is 0 Å². The summed E-state index contributed by atoms with van der Waals surface area (Å²) >= 11 is 6.16. The Balaban J connectivity index is 2.31. The highest BCUT2D eigenvalue weighted by molar-refractivity contribution is 6.31. The van der Waals surface area contributed by atoms with Gasteiger partial charge < -0.3 is 5.73 Å². The third kappa shape index (κ3) is 3.53. The highest BCUT2D eigenvalue weighted by atomic mass is 35.5. The molecule has 1 aromatic carbocycles. The molecule has 0 spiro atoms. The number of hydrogen-bond donors (Lipinski definition) is 1. The van der Waals surface area contributed by atoms with Crippen molar-refractivity contribution in [2.24, 2.45) is 16.6 Å². The molecule has 1 nitrogen and oxygen atoms in total. The molecule has 0 aromatic heterocycles. The van der Waals surface area contributed by atoms with Crippen molar-refractivity contribution in [2.45, 2.75) is 58.9 Å². The summed E-state index contributed by atoms with van der Waals surface area (Å²) in [6.07, 6.45) is 3.44. The van der Waals surface area contributed by atoms with Crippen LogP contribution < -0.4 is 5.73 Å². The maximum absolute atomic E-state index is 14.0. The monoisotopic (exact) mass is 297 g/mol. The summed E-state index contributed by atoms with van der Waals surface area (Å²) in [7, 11) is 0. The molecule has 1 saturated carbocycles. The van der Waals surface area contributed by atoms with Crippen LogP contribution in [0.2, 0.25) is 5.02 Å². The van der Waals surface area contributed by atoms with Crippen molar-refractivity contribution in [3.05, 3.63) is 34.6 Å². The van der Waals surface area contributed by atoms with Gasteiger partial charge in [0.05, 0.1) is 0 Å². The van der Waals surface area contributed by atoms with Crippen LogP contribution in [0.3, 0.4) is 0 Å². The molecule has 1 aromatic rings. The van der Waals surface area contributed by atoms with Crippen molar-refractivity contribution >= 4 is 11.6 Å². The van der Waals surface area contributed by atoms with E-state index in [1.165, 1.54) is 6.07 Å². The molecule has 3 heteroatoms. The largest absolute Gasteiger partial charge is 0.325 e. The third-order valence-corrected chi connectivity index (χ3v) is 4.56. The van der Waals surface area contributed by atoms with Crippen molar-refractivity contribution in [1.29, 1.82) is 0 Å². The van der Waals surface area contributed by atoms with Crippen molar-refractivity contribution in [3.63, 3.8) is 0 Å². The fourth-order valence-electron chi connectivity index (χ4n) is 4.57. The van der Waals surface area contributed by atoms with E-state index in [1.54, 1.807) is 12.1 Å². The van der Waals surface area contributed by atoms with E-state index >= 15 is 0 Å². The average molecular weight is 298 g/mol. The van der Waals surface area contributed by atoms with E-state index in [0.717, 1.165) is 19.3 Å². The van der Waals surface area contributed by atoms with E-state index in [2.05, 4.69) is 27.7 Å². The van der Waals surface area contributed by atoms with Crippen molar-refractivity contribution in [2.75, 3.05) is 0 Å². The summed E-state index contributed by atoms with van der Waals surface area (Å²) < 4.78 is 14.0. The zero-order valence-corrected chi connectivity index (χ0v) is 13.6. The molecule has 1 aliphatic rings. The minimum absolute atomic E-state index is 0.175. The second kappa shape index (κ2) is 4.99. The zero-order chi connectivity index (χ0) is 15.2. The molecule has 20 heavy (non-hydrogen) atoms. The molecule has 1 fully saturated rings. The predicted octanol–water partition coefficient (Wildman–Crippen LogP) is 4.96. The maximum atomic E-state index is 14.0. The number of nitrogens with two attached hydrogens (primary N) is 1. The van der Waals surface area contributed by atoms with Gasteiger partial charge in [-0.3, -0.25) is 0 Å². The lowest BCUT2D eigenvalue weighted by molar-refractivity contribution is 0.0483. The maximum Gasteiger partial charge on any atom is 0.127 e. The number of halogens is 2. The lowest BCUT2D eigenvalue weighted by atomic mass is 9.57. The van der Waals surface area contributed by atoms with Crippen molar-refractivity contribution in [3.8, 4) is 0 Å². The normalized spacial score (nSPS) is 23.6. The van der Waals surface area contributed by atoms with Gasteiger partial charge in [-0.1, -0.05) is 45.4 Å². The van der Waals surface area contributed by atoms with E-state index in [0.29, 0.717) is 17.0 Å². The van der Waals surface area contributed by atoms with Crippen LogP contribution in [0.1, 0.15) is 52.5 Å². The third-order valence-electron chi connectivity index (χ3n) is 4.21. The van der Waals surface area contributed by atoms with E-state index in [4.69, 9.17) is 17.3 Å². The lowest BCUT2D eigenvalue weighted by Crippen LogP contribution is -2.53. The van der Waals surface area contributed by atoms with Gasteiger partial charge in [0.15, 0.2) is 0 Å². The van der Waals surface area contributed by atoms with E-state index in [-0.39, 0.29) is 16.6 Å². The Labute approximate surface area is 126 Å². The zero-order valence-electron chi connectivity index (χ0n) is 12.9. The Morgan fingerprint density at radius 3 is 2.15 bits per heavy atom. The first-order valence-electron chi connectivity index (χ1n) is 7.24. The summed E-state index contributed by atoms with van der Waals surface area (Å²) in [6.45, 7) is 8.99. The van der Waals surface area contributed by atoms with Crippen LogP contribution in [-0.4, -0.2) is 5.54 Å². The Kier molecular flexibility index (Phi) is 3.94. The lowest BCUT2D eigenvalue weighted by Gasteiger charge is -2.50. The van der Waals surface area contributed by atoms with Crippen molar-refractivity contribution < 1.29 is 4.39 Å². The van der Waals surface area contributed by atoms with Gasteiger partial charge in [-0.15, -0.1) is 0 Å². The second-order valence-electron chi connectivity index (χ2n) is 8.10. The molecule has 0 bridgehead atoms. The molecular weight excluding hydrogens is 273 g/mol. The average Bonchev–Trinajstić information content (AvgIpc) is 2.18. The molecule has 1 aliphatic carbocycles. The smallest absolute Gasteiger partial charge is 0.127 e. The molecule has 2 rings (SSSR count). The molecule has 0 amide bonds. The fourth-order valence-corrected chi connectivity index (χ4v) is 4.80. The van der Waals surface area contributed by atoms with Gasteiger partial charge >= 0.3 is 0 Å². The topological polar surface area (TPSA) is 26.0 Å². The number of rotatable bonds is 2. The molecule has 112 valence electrons. The van der Waals surface area contributed by atoms with Crippen LogP contribution in [0, 0.1) is 16.6 Å². The Morgan fingerprint density at radius 1 is 1.10 bits per heavy atom. The van der Waals surface area contributed by atoms with Crippen LogP contribution in [0.15, 0.2) is 18.2 Å². The first-order chi connectivity index (χ1) is 9.02. The first kappa shape index (κ1) is 15.8. The highest BCUT2D eigenvalue weighted by Crippen LogP contribution is 2.50. The Bertz CT molecular complexity index is 471. The summed E-state index contributed by atoms with van der Waals surface area (Å²) in [5.74, 6) is -0.247. The quantitative estimate of drug-likeness (QED) is 0.820. The summed E-state index contributed by atoms with van der Waals surface area (Å²) in [4.78, 5) is 0. The molecule has 0 radical (unpaired) electrons. The van der Waals surface area contributed by atoms with Crippen LogP contribution >= 0.6 is 11.6 Å². The van der Waals surface area contributed by atoms with Gasteiger partial charge in [0.25, 0.3) is 0 Å². The molecule has 0 atom stereocenters. The molecule has 0 unspecified atom stereocenters. The Hall–Kier alpha value is -0.600. The molecular formula is C17H25ClFN. The van der Waals surface area contributed by atoms with Gasteiger partial charge in [-0.05, 0) is 48.6 Å². The number of hydrogen-bond acceptors (Lipinski definition) is 1. The van der Waals surface area contributed by atoms with Gasteiger partial charge in [-0.25, -0.2) is 4.39 Å². The molecule has 2 N–H and O–H groups in total. The molecule has 0 saturated heterocycles. The summed E-state index contributed by atoms with van der Waals surface area (Å²) in [5.41, 5.74) is 7.17. The highest BCUT2D eigenvalue weighted by Gasteiger charge is 2.45. The summed E-state index contributed by atoms with van der Waals surface area (Å²) in [5, 5.41) is 0.482. The minimum Gasteiger partial charge on any atom is -0.325 e. The van der Waals surface area contributed by atoms with Crippen molar-refractivity contribution in [1.82, 2.24) is 0 Å².